The van der Waals surface area contributed by atoms with Crippen LogP contribution >= 0.6 is 0 Å². The summed E-state index contributed by atoms with van der Waals surface area (Å²) in [6.07, 6.45) is 12.2. The summed E-state index contributed by atoms with van der Waals surface area (Å²) >= 11 is 0. The van der Waals surface area contributed by atoms with Gasteiger partial charge in [0.15, 0.2) is 0 Å². The number of nitrogens with two attached hydrogens (primary N) is 1. The van der Waals surface area contributed by atoms with Gasteiger partial charge in [0.1, 0.15) is 5.69 Å². The lowest BCUT2D eigenvalue weighted by Crippen LogP contribution is -2.41. The van der Waals surface area contributed by atoms with Crippen molar-refractivity contribution < 1.29 is 4.79 Å². The van der Waals surface area contributed by atoms with E-state index in [2.05, 4.69) is 38.0 Å². The number of carbonyl (C=O) groups excluding carboxylic acids is 1. The van der Waals surface area contributed by atoms with Crippen LogP contribution in [-0.2, 0) is 19.4 Å². The molecule has 0 unspecified atom stereocenters. The van der Waals surface area contributed by atoms with Crippen molar-refractivity contribution in [1.29, 1.82) is 0 Å². The van der Waals surface area contributed by atoms with Crippen LogP contribution in [0.2, 0.25) is 0 Å². The van der Waals surface area contributed by atoms with Crippen LogP contribution in [0.5, 0.6) is 0 Å². The minimum Gasteiger partial charge on any atom is -0.364 e. The maximum atomic E-state index is 11.2. The van der Waals surface area contributed by atoms with Crippen molar-refractivity contribution in [3.8, 4) is 0 Å². The van der Waals surface area contributed by atoms with Gasteiger partial charge >= 0.3 is 0 Å². The molecule has 1 aromatic carbocycles. The molecule has 0 spiro atoms. The number of piperidine rings is 1. The van der Waals surface area contributed by atoms with Crippen molar-refractivity contribution in [3.05, 3.63) is 58.7 Å². The van der Waals surface area contributed by atoms with Crippen molar-refractivity contribution in [2.45, 2.75) is 63.5 Å². The average Bonchev–Trinajstić information content (AvgIpc) is 2.96. The average molecular weight is 420 g/mol. The normalized spacial score (nSPS) is 21.3. The van der Waals surface area contributed by atoms with Gasteiger partial charge in [-0.15, -0.1) is 0 Å². The highest BCUT2D eigenvalue weighted by Gasteiger charge is 2.27. The molecule has 2 fully saturated rings. The van der Waals surface area contributed by atoms with Crippen LogP contribution in [-0.4, -0.2) is 57.9 Å². The molecular weight excluding hydrogens is 386 g/mol. The fourth-order valence-electron chi connectivity index (χ4n) is 5.35. The number of fused-ring (bicyclic) bond motifs is 1. The van der Waals surface area contributed by atoms with Crippen LogP contribution in [0.15, 0.2) is 30.6 Å². The van der Waals surface area contributed by atoms with Crippen LogP contribution in [0.25, 0.3) is 0 Å². The van der Waals surface area contributed by atoms with Gasteiger partial charge in [-0.25, -0.2) is 4.98 Å². The molecule has 3 aliphatic rings. The largest absolute Gasteiger partial charge is 0.364 e. The molecule has 3 heterocycles. The first-order valence-electron chi connectivity index (χ1n) is 11.8. The Balaban J connectivity index is 1.16. The molecule has 2 N–H and O–H groups in total. The summed E-state index contributed by atoms with van der Waals surface area (Å²) in [4.78, 5) is 24.8. The Labute approximate surface area is 184 Å². The third-order valence-electron chi connectivity index (χ3n) is 7.56. The van der Waals surface area contributed by atoms with Crippen LogP contribution < -0.4 is 5.73 Å². The van der Waals surface area contributed by atoms with E-state index in [-0.39, 0.29) is 5.69 Å². The lowest BCUT2D eigenvalue weighted by Gasteiger charge is -2.36. The van der Waals surface area contributed by atoms with Gasteiger partial charge in [-0.2, -0.15) is 0 Å². The molecule has 1 amide bonds. The van der Waals surface area contributed by atoms with Gasteiger partial charge in [0.25, 0.3) is 5.91 Å². The van der Waals surface area contributed by atoms with Crippen LogP contribution in [0, 0.1) is 0 Å². The highest BCUT2D eigenvalue weighted by atomic mass is 16.1. The molecule has 2 aliphatic heterocycles. The number of carbonyl (C=O) groups is 1. The molecule has 0 radical (unpaired) electrons. The van der Waals surface area contributed by atoms with E-state index in [0.717, 1.165) is 31.4 Å². The number of hydrogen-bond acceptors (Lipinski definition) is 5. The molecule has 31 heavy (non-hydrogen) atoms. The molecule has 5 rings (SSSR count). The molecule has 164 valence electrons. The van der Waals surface area contributed by atoms with Gasteiger partial charge in [-0.05, 0) is 74.2 Å². The molecule has 2 aromatic rings. The summed E-state index contributed by atoms with van der Waals surface area (Å²) in [7, 11) is 0. The van der Waals surface area contributed by atoms with E-state index < -0.39 is 5.91 Å². The third-order valence-corrected chi connectivity index (χ3v) is 7.56. The number of hydrogen-bond donors (Lipinski definition) is 1. The van der Waals surface area contributed by atoms with Crippen molar-refractivity contribution in [2.24, 2.45) is 5.73 Å². The van der Waals surface area contributed by atoms with E-state index >= 15 is 0 Å². The quantitative estimate of drug-likeness (QED) is 0.807. The Morgan fingerprint density at radius 1 is 0.968 bits per heavy atom. The SMILES string of the molecule is NC(=O)c1cnc(CN2CCC(c3ccc4c(c3)CCN(C3CCC3)CC4)CC2)cn1. The van der Waals surface area contributed by atoms with E-state index in [1.807, 2.05) is 0 Å². The summed E-state index contributed by atoms with van der Waals surface area (Å²) in [5, 5.41) is 0. The summed E-state index contributed by atoms with van der Waals surface area (Å²) in [5.74, 6) is 0.118. The van der Waals surface area contributed by atoms with Crippen molar-refractivity contribution >= 4 is 5.91 Å². The van der Waals surface area contributed by atoms with Gasteiger partial charge in [-0.1, -0.05) is 24.6 Å². The van der Waals surface area contributed by atoms with Crippen LogP contribution in [0.4, 0.5) is 0 Å². The summed E-state index contributed by atoms with van der Waals surface area (Å²) < 4.78 is 0. The van der Waals surface area contributed by atoms with E-state index in [4.69, 9.17) is 5.73 Å². The number of amides is 1. The molecular formula is C25H33N5O. The fraction of sp³-hybridized carbons (Fsp3) is 0.560. The van der Waals surface area contributed by atoms with E-state index in [0.29, 0.717) is 5.92 Å². The number of benzene rings is 1. The smallest absolute Gasteiger partial charge is 0.268 e. The minimum atomic E-state index is -0.531. The highest BCUT2D eigenvalue weighted by Crippen LogP contribution is 2.32. The van der Waals surface area contributed by atoms with Crippen molar-refractivity contribution in [3.63, 3.8) is 0 Å². The summed E-state index contributed by atoms with van der Waals surface area (Å²) in [6, 6.07) is 8.19. The van der Waals surface area contributed by atoms with E-state index in [1.165, 1.54) is 69.8 Å². The zero-order chi connectivity index (χ0) is 21.2. The zero-order valence-electron chi connectivity index (χ0n) is 18.3. The van der Waals surface area contributed by atoms with Gasteiger partial charge in [0.05, 0.1) is 18.1 Å². The lowest BCUT2D eigenvalue weighted by molar-refractivity contribution is 0.0995. The number of nitrogens with zero attached hydrogens (tertiary/aromatic N) is 4. The maximum absolute atomic E-state index is 11.2. The van der Waals surface area contributed by atoms with E-state index in [1.54, 1.807) is 17.3 Å². The lowest BCUT2D eigenvalue weighted by atomic mass is 9.87. The Morgan fingerprint density at radius 3 is 2.39 bits per heavy atom. The summed E-state index contributed by atoms with van der Waals surface area (Å²) in [5.41, 5.74) is 11.0. The number of likely N-dealkylation sites (tertiary alicyclic amines) is 1. The second kappa shape index (κ2) is 9.05. The van der Waals surface area contributed by atoms with Crippen LogP contribution in [0.3, 0.4) is 0 Å². The fourth-order valence-corrected chi connectivity index (χ4v) is 5.35. The molecule has 0 bridgehead atoms. The van der Waals surface area contributed by atoms with Gasteiger partial charge in [0, 0.05) is 25.7 Å². The van der Waals surface area contributed by atoms with Gasteiger partial charge in [0.2, 0.25) is 0 Å². The Bertz CT molecular complexity index is 916. The van der Waals surface area contributed by atoms with E-state index in [9.17, 15) is 4.79 Å². The first-order valence-corrected chi connectivity index (χ1v) is 11.8. The van der Waals surface area contributed by atoms with Crippen LogP contribution in [0.1, 0.15) is 70.9 Å². The standard InChI is InChI=1S/C25H33N5O/c26-25(31)24-16-27-22(15-28-24)17-29-10-6-19(7-11-29)20-5-4-18-8-12-30(23-2-1-3-23)13-9-21(18)14-20/h4-5,14-16,19,23H,1-3,6-13,17H2,(H2,26,31). The first kappa shape index (κ1) is 20.6. The molecule has 1 saturated heterocycles. The predicted octanol–water partition coefficient (Wildman–Crippen LogP) is 2.91. The zero-order valence-corrected chi connectivity index (χ0v) is 18.3. The predicted molar refractivity (Wildman–Crippen MR) is 121 cm³/mol. The van der Waals surface area contributed by atoms with Crippen molar-refractivity contribution in [1.82, 2.24) is 19.8 Å². The Kier molecular flexibility index (Phi) is 6.01. The van der Waals surface area contributed by atoms with Gasteiger partial charge < -0.3 is 5.73 Å². The van der Waals surface area contributed by atoms with Gasteiger partial charge in [-0.3, -0.25) is 19.6 Å². The monoisotopic (exact) mass is 419 g/mol. The molecule has 1 saturated carbocycles. The molecule has 0 atom stereocenters. The number of aromatic nitrogens is 2. The first-order chi connectivity index (χ1) is 15.2. The second-order valence-corrected chi connectivity index (χ2v) is 9.46. The number of primary amides is 1. The summed E-state index contributed by atoms with van der Waals surface area (Å²) in [6.45, 7) is 5.38. The third kappa shape index (κ3) is 4.65. The van der Waals surface area contributed by atoms with Crippen molar-refractivity contribution in [2.75, 3.05) is 26.2 Å². The Hall–Kier alpha value is -2.31. The molecule has 6 nitrogen and oxygen atoms in total. The topological polar surface area (TPSA) is 75.4 Å². The minimum absolute atomic E-state index is 0.224. The Morgan fingerprint density at radius 2 is 1.74 bits per heavy atom. The number of rotatable bonds is 5. The highest BCUT2D eigenvalue weighted by molar-refractivity contribution is 5.90. The second-order valence-electron chi connectivity index (χ2n) is 9.46. The molecule has 6 heteroatoms. The maximum Gasteiger partial charge on any atom is 0.268 e. The molecule has 1 aliphatic carbocycles. The molecule has 1 aromatic heterocycles.